The zero-order chi connectivity index (χ0) is 23.0. The minimum Gasteiger partial charge on any atom is -0.381 e. The molecule has 0 bridgehead atoms. The Hall–Kier alpha value is -2.64. The molecule has 33 heavy (non-hydrogen) atoms. The Morgan fingerprint density at radius 1 is 1.21 bits per heavy atom. The van der Waals surface area contributed by atoms with Crippen LogP contribution in [0, 0.1) is 5.92 Å². The van der Waals surface area contributed by atoms with Crippen molar-refractivity contribution in [2.75, 3.05) is 41.9 Å². The van der Waals surface area contributed by atoms with Crippen LogP contribution in [0.15, 0.2) is 36.5 Å². The second kappa shape index (κ2) is 8.95. The van der Waals surface area contributed by atoms with E-state index in [1.54, 1.807) is 13.3 Å². The van der Waals surface area contributed by atoms with Gasteiger partial charge in [0, 0.05) is 43.6 Å². The molecule has 5 rings (SSSR count). The maximum atomic E-state index is 13.9. The van der Waals surface area contributed by atoms with Crippen LogP contribution >= 0.6 is 0 Å². The van der Waals surface area contributed by atoms with E-state index in [0.29, 0.717) is 13.2 Å². The number of aromatic nitrogens is 1. The van der Waals surface area contributed by atoms with Crippen LogP contribution in [0.25, 0.3) is 0 Å². The van der Waals surface area contributed by atoms with Gasteiger partial charge in [0.2, 0.25) is 5.91 Å². The van der Waals surface area contributed by atoms with Gasteiger partial charge in [0.25, 0.3) is 0 Å². The smallest absolute Gasteiger partial charge is 0.230 e. The Morgan fingerprint density at radius 2 is 2.03 bits per heavy atom. The summed E-state index contributed by atoms with van der Waals surface area (Å²) in [5.74, 6) is 1.04. The highest BCUT2D eigenvalue weighted by molar-refractivity contribution is 6.00. The summed E-state index contributed by atoms with van der Waals surface area (Å²) in [6, 6.07) is 10.4. The van der Waals surface area contributed by atoms with E-state index >= 15 is 0 Å². The number of hydrogen-bond donors (Lipinski definition) is 1. The lowest BCUT2D eigenvalue weighted by atomic mass is 9.86. The number of anilines is 4. The number of ether oxygens (including phenoxy) is 2. The quantitative estimate of drug-likeness (QED) is 0.743. The van der Waals surface area contributed by atoms with Gasteiger partial charge < -0.3 is 24.6 Å². The van der Waals surface area contributed by atoms with Crippen molar-refractivity contribution in [2.24, 2.45) is 5.92 Å². The van der Waals surface area contributed by atoms with Crippen LogP contribution in [0.2, 0.25) is 0 Å². The predicted octanol–water partition coefficient (Wildman–Crippen LogP) is 4.49. The van der Waals surface area contributed by atoms with Crippen LogP contribution in [0.1, 0.15) is 45.1 Å². The number of methoxy groups -OCH3 is 1. The summed E-state index contributed by atoms with van der Waals surface area (Å²) in [6.07, 6.45) is 5.68. The fraction of sp³-hybridized carbons (Fsp3) is 0.538. The number of carbonyl (C=O) groups excluding carboxylic acids is 1. The maximum absolute atomic E-state index is 13.9. The number of fused-ring (bicyclic) bond motifs is 2. The molecule has 7 heteroatoms. The molecule has 0 radical (unpaired) electrons. The molecule has 3 heterocycles. The van der Waals surface area contributed by atoms with Gasteiger partial charge in [-0.2, -0.15) is 0 Å². The van der Waals surface area contributed by atoms with Crippen molar-refractivity contribution in [3.63, 3.8) is 0 Å². The van der Waals surface area contributed by atoms with Gasteiger partial charge in [0.05, 0.1) is 36.2 Å². The van der Waals surface area contributed by atoms with Crippen molar-refractivity contribution in [1.29, 1.82) is 0 Å². The first-order valence-corrected chi connectivity index (χ1v) is 12.0. The maximum Gasteiger partial charge on any atom is 0.230 e. The van der Waals surface area contributed by atoms with E-state index in [-0.39, 0.29) is 23.5 Å². The molecule has 1 N–H and O–H groups in total. The van der Waals surface area contributed by atoms with Crippen LogP contribution in [0.3, 0.4) is 0 Å². The fourth-order valence-corrected chi connectivity index (χ4v) is 5.31. The van der Waals surface area contributed by atoms with Crippen molar-refractivity contribution >= 4 is 28.8 Å². The van der Waals surface area contributed by atoms with E-state index in [1.165, 1.54) is 0 Å². The summed E-state index contributed by atoms with van der Waals surface area (Å²) in [5.41, 5.74) is 3.79. The molecule has 0 atom stereocenters. The minimum atomic E-state index is -0.195. The average Bonchev–Trinajstić information content (AvgIpc) is 2.99. The minimum absolute atomic E-state index is 0.0217. The molecule has 2 fully saturated rings. The number of pyridine rings is 1. The second-order valence-electron chi connectivity index (χ2n) is 10.0. The Balaban J connectivity index is 1.49. The highest BCUT2D eigenvalue weighted by Crippen LogP contribution is 2.40. The molecule has 1 aliphatic carbocycles. The molecular weight excluding hydrogens is 416 g/mol. The van der Waals surface area contributed by atoms with Gasteiger partial charge in [0.15, 0.2) is 0 Å². The third-order valence-electron chi connectivity index (χ3n) is 7.16. The number of benzene rings is 1. The van der Waals surface area contributed by atoms with Crippen molar-refractivity contribution in [2.45, 2.75) is 57.8 Å². The Bertz CT molecular complexity index is 1020. The van der Waals surface area contributed by atoms with Gasteiger partial charge in [-0.1, -0.05) is 6.07 Å². The number of carbonyl (C=O) groups is 1. The first-order chi connectivity index (χ1) is 15.9. The lowest BCUT2D eigenvalue weighted by Gasteiger charge is -2.40. The van der Waals surface area contributed by atoms with Crippen LogP contribution in [-0.2, 0) is 20.8 Å². The monoisotopic (exact) mass is 450 g/mol. The molecule has 1 amide bonds. The van der Waals surface area contributed by atoms with Crippen molar-refractivity contribution in [3.8, 4) is 0 Å². The Labute approximate surface area is 196 Å². The highest BCUT2D eigenvalue weighted by atomic mass is 16.5. The number of hydrogen-bond acceptors (Lipinski definition) is 6. The summed E-state index contributed by atoms with van der Waals surface area (Å²) < 4.78 is 11.4. The van der Waals surface area contributed by atoms with Gasteiger partial charge in [-0.15, -0.1) is 0 Å². The molecule has 3 aliphatic rings. The molecule has 0 unspecified atom stereocenters. The van der Waals surface area contributed by atoms with Crippen molar-refractivity contribution in [1.82, 2.24) is 4.98 Å². The van der Waals surface area contributed by atoms with Crippen LogP contribution in [-0.4, -0.2) is 49.4 Å². The van der Waals surface area contributed by atoms with E-state index in [4.69, 9.17) is 9.47 Å². The topological polar surface area (TPSA) is 66.9 Å². The van der Waals surface area contributed by atoms with Crippen molar-refractivity contribution < 1.29 is 14.3 Å². The summed E-state index contributed by atoms with van der Waals surface area (Å²) >= 11 is 0. The number of nitrogens with zero attached hydrogens (tertiary/aromatic N) is 3. The molecule has 1 saturated carbocycles. The standard InChI is InChI=1S/C26H34N4O3/c1-26(2)17-29(13-14-33-26)20-8-11-22-23(15-20)30(16-19-5-4-12-27-24(19)28-22)25(31)18-6-9-21(32-3)10-7-18/h4-5,8,11-12,15,18,21H,6-7,9-10,13-14,16-17H2,1-3H3,(H,27,28)/t18-,21-. The number of rotatable bonds is 3. The number of amides is 1. The van der Waals surface area contributed by atoms with Gasteiger partial charge in [0.1, 0.15) is 5.82 Å². The number of nitrogens with one attached hydrogen (secondary N) is 1. The summed E-state index contributed by atoms with van der Waals surface area (Å²) in [4.78, 5) is 22.7. The molecule has 0 spiro atoms. The molecular formula is C26H34N4O3. The number of morpholine rings is 1. The Morgan fingerprint density at radius 3 is 2.79 bits per heavy atom. The lowest BCUT2D eigenvalue weighted by Crippen LogP contribution is -2.48. The van der Waals surface area contributed by atoms with Gasteiger partial charge in [-0.05, 0) is 63.8 Å². The van der Waals surface area contributed by atoms with E-state index < -0.39 is 0 Å². The largest absolute Gasteiger partial charge is 0.381 e. The third-order valence-corrected chi connectivity index (χ3v) is 7.16. The van der Waals surface area contributed by atoms with Crippen LogP contribution in [0.5, 0.6) is 0 Å². The SMILES string of the molecule is CO[C@H]1CC[C@H](C(=O)N2Cc3cccnc3Nc3ccc(N4CCOC(C)(C)C4)cc32)CC1. The molecule has 7 nitrogen and oxygen atoms in total. The summed E-state index contributed by atoms with van der Waals surface area (Å²) in [5, 5.41) is 3.49. The molecule has 1 aromatic carbocycles. The van der Waals surface area contributed by atoms with Crippen LogP contribution in [0.4, 0.5) is 22.9 Å². The normalized spacial score (nSPS) is 24.3. The Kier molecular flexibility index (Phi) is 6.01. The molecule has 1 saturated heterocycles. The van der Waals surface area contributed by atoms with Crippen molar-refractivity contribution in [3.05, 3.63) is 42.1 Å². The zero-order valence-corrected chi connectivity index (χ0v) is 19.8. The average molecular weight is 451 g/mol. The zero-order valence-electron chi connectivity index (χ0n) is 19.8. The van der Waals surface area contributed by atoms with Gasteiger partial charge in [-0.25, -0.2) is 4.98 Å². The molecule has 1 aromatic heterocycles. The first-order valence-electron chi connectivity index (χ1n) is 12.0. The van der Waals surface area contributed by atoms with E-state index in [2.05, 4.69) is 53.3 Å². The van der Waals surface area contributed by atoms with E-state index in [0.717, 1.165) is 67.2 Å². The van der Waals surface area contributed by atoms with E-state index in [1.807, 2.05) is 11.0 Å². The fourth-order valence-electron chi connectivity index (χ4n) is 5.31. The molecule has 2 aliphatic heterocycles. The molecule has 2 aromatic rings. The predicted molar refractivity (Wildman–Crippen MR) is 130 cm³/mol. The second-order valence-corrected chi connectivity index (χ2v) is 10.0. The van der Waals surface area contributed by atoms with Crippen LogP contribution < -0.4 is 15.1 Å². The van der Waals surface area contributed by atoms with Gasteiger partial charge >= 0.3 is 0 Å². The lowest BCUT2D eigenvalue weighted by molar-refractivity contribution is -0.124. The van der Waals surface area contributed by atoms with E-state index in [9.17, 15) is 4.79 Å². The first kappa shape index (κ1) is 22.2. The summed E-state index contributed by atoms with van der Waals surface area (Å²) in [6.45, 7) is 7.12. The third kappa shape index (κ3) is 4.57. The molecule has 176 valence electrons. The highest BCUT2D eigenvalue weighted by Gasteiger charge is 2.34. The van der Waals surface area contributed by atoms with Gasteiger partial charge in [-0.3, -0.25) is 4.79 Å². The summed E-state index contributed by atoms with van der Waals surface area (Å²) in [7, 11) is 1.77.